The second kappa shape index (κ2) is 4.42. The third-order valence-electron chi connectivity index (χ3n) is 2.28. The van der Waals surface area contributed by atoms with Crippen LogP contribution in [0.2, 0.25) is 0 Å². The molecule has 0 saturated carbocycles. The molecular formula is C9H10N10. The second-order valence-corrected chi connectivity index (χ2v) is 3.71. The maximum absolute atomic E-state index is 5.35. The van der Waals surface area contributed by atoms with Gasteiger partial charge in [0.25, 0.3) is 11.9 Å². The first-order chi connectivity index (χ1) is 9.26. The Labute approximate surface area is 107 Å². The minimum Gasteiger partial charge on any atom is -0.292 e. The fraction of sp³-hybridized carbons (Fsp3) is 0.111. The van der Waals surface area contributed by atoms with Crippen molar-refractivity contribution in [1.82, 2.24) is 39.5 Å². The Balaban J connectivity index is 2.12. The normalized spacial score (nSPS) is 10.6. The molecule has 3 N–H and O–H groups in total. The Morgan fingerprint density at radius 1 is 1.11 bits per heavy atom. The second-order valence-electron chi connectivity index (χ2n) is 3.71. The van der Waals surface area contributed by atoms with E-state index < -0.39 is 0 Å². The average Bonchev–Trinajstić information content (AvgIpc) is 3.09. The molecule has 0 aromatic carbocycles. The number of hydrogen-bond acceptors (Lipinski definition) is 8. The zero-order valence-corrected chi connectivity index (χ0v) is 9.96. The van der Waals surface area contributed by atoms with Gasteiger partial charge in [-0.05, 0) is 12.5 Å². The molecule has 10 heteroatoms. The fourth-order valence-corrected chi connectivity index (χ4v) is 1.46. The molecule has 3 aromatic rings. The van der Waals surface area contributed by atoms with E-state index in [9.17, 15) is 0 Å². The van der Waals surface area contributed by atoms with Gasteiger partial charge in [-0.2, -0.15) is 29.8 Å². The Morgan fingerprint density at radius 3 is 2.47 bits per heavy atom. The van der Waals surface area contributed by atoms with E-state index >= 15 is 0 Å². The van der Waals surface area contributed by atoms with Crippen LogP contribution in [-0.2, 0) is 0 Å². The fourth-order valence-electron chi connectivity index (χ4n) is 1.46. The van der Waals surface area contributed by atoms with E-state index in [4.69, 9.17) is 5.84 Å². The molecular weight excluding hydrogens is 248 g/mol. The van der Waals surface area contributed by atoms with E-state index in [2.05, 4.69) is 35.6 Å². The molecule has 0 bridgehead atoms. The molecule has 19 heavy (non-hydrogen) atoms. The summed E-state index contributed by atoms with van der Waals surface area (Å²) in [4.78, 5) is 16.3. The highest BCUT2D eigenvalue weighted by Gasteiger charge is 2.10. The van der Waals surface area contributed by atoms with Crippen molar-refractivity contribution in [3.63, 3.8) is 0 Å². The van der Waals surface area contributed by atoms with Crippen LogP contribution in [0.4, 0.5) is 5.95 Å². The molecule has 3 rings (SSSR count). The highest BCUT2D eigenvalue weighted by atomic mass is 15.4. The maximum atomic E-state index is 5.35. The quantitative estimate of drug-likeness (QED) is 0.463. The molecule has 0 atom stereocenters. The number of nitrogens with zero attached hydrogens (tertiary/aromatic N) is 8. The van der Waals surface area contributed by atoms with Gasteiger partial charge in [0, 0.05) is 6.20 Å². The van der Waals surface area contributed by atoms with Gasteiger partial charge in [0.15, 0.2) is 0 Å². The molecule has 0 radical (unpaired) electrons. The highest BCUT2D eigenvalue weighted by molar-refractivity contribution is 5.31. The topological polar surface area (TPSA) is 125 Å². The van der Waals surface area contributed by atoms with Gasteiger partial charge in [0.05, 0.1) is 6.20 Å². The number of nitrogens with one attached hydrogen (secondary N) is 1. The van der Waals surface area contributed by atoms with Crippen molar-refractivity contribution in [3.8, 4) is 11.9 Å². The van der Waals surface area contributed by atoms with Gasteiger partial charge in [-0.25, -0.2) is 15.5 Å². The van der Waals surface area contributed by atoms with E-state index in [1.165, 1.54) is 22.0 Å². The van der Waals surface area contributed by atoms with Crippen molar-refractivity contribution in [1.29, 1.82) is 0 Å². The lowest BCUT2D eigenvalue weighted by Crippen LogP contribution is -2.16. The number of hydrazine groups is 1. The molecule has 96 valence electrons. The molecule has 0 aliphatic carbocycles. The molecule has 3 aromatic heterocycles. The summed E-state index contributed by atoms with van der Waals surface area (Å²) in [6, 6.07) is 0. The average molecular weight is 258 g/mol. The van der Waals surface area contributed by atoms with Crippen LogP contribution in [0.3, 0.4) is 0 Å². The standard InChI is InChI=1S/C9H10N10/c1-6-2-12-18(3-6)8-14-7(17-10)15-9(16-8)19-5-11-4-13-19/h2-5H,10H2,1H3,(H,14,15,16,17). The lowest BCUT2D eigenvalue weighted by atomic mass is 10.4. The van der Waals surface area contributed by atoms with Crippen molar-refractivity contribution in [2.75, 3.05) is 5.43 Å². The summed E-state index contributed by atoms with van der Waals surface area (Å²) in [7, 11) is 0. The predicted molar refractivity (Wildman–Crippen MR) is 64.4 cm³/mol. The number of aromatic nitrogens is 8. The van der Waals surface area contributed by atoms with Gasteiger partial charge >= 0.3 is 0 Å². The number of nitrogen functional groups attached to an aromatic ring is 1. The van der Waals surface area contributed by atoms with Crippen molar-refractivity contribution in [3.05, 3.63) is 30.6 Å². The molecule has 0 fully saturated rings. The minimum atomic E-state index is 0.212. The molecule has 0 amide bonds. The predicted octanol–water partition coefficient (Wildman–Crippen LogP) is -0.768. The number of anilines is 1. The molecule has 10 nitrogen and oxygen atoms in total. The first-order valence-corrected chi connectivity index (χ1v) is 5.35. The van der Waals surface area contributed by atoms with E-state index in [-0.39, 0.29) is 5.95 Å². The highest BCUT2D eigenvalue weighted by Crippen LogP contribution is 2.08. The number of hydrogen-bond donors (Lipinski definition) is 2. The van der Waals surface area contributed by atoms with E-state index in [0.717, 1.165) is 5.56 Å². The van der Waals surface area contributed by atoms with Crippen LogP contribution in [0.5, 0.6) is 0 Å². The molecule has 0 unspecified atom stereocenters. The van der Waals surface area contributed by atoms with Crippen LogP contribution in [0.25, 0.3) is 11.9 Å². The first kappa shape index (κ1) is 11.2. The van der Waals surface area contributed by atoms with Gasteiger partial charge in [-0.15, -0.1) is 0 Å². The van der Waals surface area contributed by atoms with E-state index in [1.807, 2.05) is 6.92 Å². The monoisotopic (exact) mass is 258 g/mol. The lowest BCUT2D eigenvalue weighted by molar-refractivity contribution is 0.745. The van der Waals surface area contributed by atoms with Crippen molar-refractivity contribution in [2.24, 2.45) is 5.84 Å². The first-order valence-electron chi connectivity index (χ1n) is 5.35. The summed E-state index contributed by atoms with van der Waals surface area (Å²) in [5.41, 5.74) is 3.37. The number of aryl methyl sites for hydroxylation is 1. The van der Waals surface area contributed by atoms with Crippen LogP contribution < -0.4 is 11.3 Å². The largest absolute Gasteiger partial charge is 0.292 e. The van der Waals surface area contributed by atoms with E-state index in [1.54, 1.807) is 12.4 Å². The van der Waals surface area contributed by atoms with Gasteiger partial charge in [0.1, 0.15) is 12.7 Å². The number of rotatable bonds is 3. The summed E-state index contributed by atoms with van der Waals surface area (Å²) in [5.74, 6) is 6.19. The van der Waals surface area contributed by atoms with Crippen LogP contribution in [0, 0.1) is 6.92 Å². The molecule has 0 aliphatic rings. The van der Waals surface area contributed by atoms with Crippen molar-refractivity contribution >= 4 is 5.95 Å². The van der Waals surface area contributed by atoms with Crippen LogP contribution in [-0.4, -0.2) is 39.5 Å². The van der Waals surface area contributed by atoms with Crippen molar-refractivity contribution in [2.45, 2.75) is 6.92 Å². The smallest absolute Gasteiger partial charge is 0.258 e. The Bertz CT molecular complexity index is 685. The Hall–Kier alpha value is -2.88. The number of nitrogens with two attached hydrogens (primary N) is 1. The third-order valence-corrected chi connectivity index (χ3v) is 2.28. The zero-order valence-electron chi connectivity index (χ0n) is 9.96. The molecule has 3 heterocycles. The van der Waals surface area contributed by atoms with E-state index in [0.29, 0.717) is 11.9 Å². The Morgan fingerprint density at radius 2 is 1.89 bits per heavy atom. The van der Waals surface area contributed by atoms with Crippen LogP contribution >= 0.6 is 0 Å². The van der Waals surface area contributed by atoms with Gasteiger partial charge in [-0.1, -0.05) is 0 Å². The van der Waals surface area contributed by atoms with Gasteiger partial charge in [-0.3, -0.25) is 5.43 Å². The minimum absolute atomic E-state index is 0.212. The summed E-state index contributed by atoms with van der Waals surface area (Å²) < 4.78 is 2.93. The van der Waals surface area contributed by atoms with Crippen LogP contribution in [0.15, 0.2) is 25.0 Å². The Kier molecular flexibility index (Phi) is 2.61. The summed E-state index contributed by atoms with van der Waals surface area (Å²) in [6.45, 7) is 1.92. The SMILES string of the molecule is Cc1cnn(-c2nc(NN)nc(-n3cncn3)n2)c1. The summed E-state index contributed by atoms with van der Waals surface area (Å²) >= 11 is 0. The molecule has 0 spiro atoms. The van der Waals surface area contributed by atoms with Gasteiger partial charge in [0.2, 0.25) is 5.95 Å². The lowest BCUT2D eigenvalue weighted by Gasteiger charge is -2.05. The van der Waals surface area contributed by atoms with Gasteiger partial charge < -0.3 is 0 Å². The summed E-state index contributed by atoms with van der Waals surface area (Å²) in [5, 5.41) is 8.09. The van der Waals surface area contributed by atoms with Crippen LogP contribution in [0.1, 0.15) is 5.56 Å². The zero-order chi connectivity index (χ0) is 13.2. The summed E-state index contributed by atoms with van der Waals surface area (Å²) in [6.07, 6.45) is 6.36. The third kappa shape index (κ3) is 2.11. The molecule has 0 aliphatic heterocycles. The van der Waals surface area contributed by atoms with Crippen molar-refractivity contribution < 1.29 is 0 Å². The maximum Gasteiger partial charge on any atom is 0.258 e. The molecule has 0 saturated heterocycles.